The smallest absolute Gasteiger partial charge is 0.137 e. The zero-order chi connectivity index (χ0) is 14.7. The molecule has 0 radical (unpaired) electrons. The van der Waals surface area contributed by atoms with Crippen molar-refractivity contribution in [3.8, 4) is 5.75 Å². The number of benzene rings is 2. The predicted octanol–water partition coefficient (Wildman–Crippen LogP) is 3.56. The van der Waals surface area contributed by atoms with Crippen LogP contribution in [-0.4, -0.2) is 17.1 Å². The minimum atomic E-state index is 0.692. The summed E-state index contributed by atoms with van der Waals surface area (Å²) in [5.41, 5.74) is 3.27. The Hall–Kier alpha value is -2.62. The molecule has 4 nitrogen and oxygen atoms in total. The first-order chi connectivity index (χ1) is 10.3. The van der Waals surface area contributed by atoms with Gasteiger partial charge in [0.25, 0.3) is 0 Å². The highest BCUT2D eigenvalue weighted by Gasteiger charge is 2.06. The number of nitrogens with zero attached hydrogens (tertiary/aromatic N) is 2. The number of aromatic nitrogens is 2. The summed E-state index contributed by atoms with van der Waals surface area (Å²) >= 11 is 0. The summed E-state index contributed by atoms with van der Waals surface area (Å²) in [4.78, 5) is 8.69. The molecule has 1 N–H and O–H groups in total. The Bertz CT molecular complexity index is 766. The Balaban J connectivity index is 1.88. The highest BCUT2D eigenvalue weighted by Crippen LogP contribution is 2.23. The van der Waals surface area contributed by atoms with Gasteiger partial charge in [-0.3, -0.25) is 0 Å². The lowest BCUT2D eigenvalue weighted by molar-refractivity contribution is 0.414. The second-order valence-electron chi connectivity index (χ2n) is 4.90. The monoisotopic (exact) mass is 279 g/mol. The number of rotatable bonds is 4. The van der Waals surface area contributed by atoms with Crippen molar-refractivity contribution in [3.63, 3.8) is 0 Å². The molecule has 0 saturated heterocycles. The molecule has 0 fully saturated rings. The number of hydrogen-bond acceptors (Lipinski definition) is 4. The molecule has 0 amide bonds. The summed E-state index contributed by atoms with van der Waals surface area (Å²) in [6.07, 6.45) is 1.59. The first-order valence-corrected chi connectivity index (χ1v) is 6.85. The molecule has 1 aromatic heterocycles. The lowest BCUT2D eigenvalue weighted by Gasteiger charge is -2.10. The predicted molar refractivity (Wildman–Crippen MR) is 84.6 cm³/mol. The van der Waals surface area contributed by atoms with Gasteiger partial charge in [-0.15, -0.1) is 0 Å². The molecule has 2 aromatic carbocycles. The minimum absolute atomic E-state index is 0.692. The van der Waals surface area contributed by atoms with E-state index >= 15 is 0 Å². The number of aryl methyl sites for hydroxylation is 1. The average Bonchev–Trinajstić information content (AvgIpc) is 2.53. The van der Waals surface area contributed by atoms with E-state index < -0.39 is 0 Å². The topological polar surface area (TPSA) is 47.0 Å². The quantitative estimate of drug-likeness (QED) is 0.793. The van der Waals surface area contributed by atoms with Gasteiger partial charge in [0.15, 0.2) is 0 Å². The molecule has 0 aliphatic heterocycles. The Morgan fingerprint density at radius 1 is 1.10 bits per heavy atom. The number of fused-ring (bicyclic) bond motifs is 1. The van der Waals surface area contributed by atoms with Crippen LogP contribution in [0.3, 0.4) is 0 Å². The molecule has 0 aliphatic rings. The van der Waals surface area contributed by atoms with Gasteiger partial charge in [0, 0.05) is 11.9 Å². The Labute approximate surface area is 123 Å². The van der Waals surface area contributed by atoms with Crippen molar-refractivity contribution >= 4 is 16.7 Å². The fourth-order valence-corrected chi connectivity index (χ4v) is 2.38. The molecule has 0 saturated carbocycles. The van der Waals surface area contributed by atoms with Crippen molar-refractivity contribution in [1.29, 1.82) is 0 Å². The van der Waals surface area contributed by atoms with Crippen LogP contribution in [0.5, 0.6) is 5.75 Å². The van der Waals surface area contributed by atoms with Crippen LogP contribution in [0.2, 0.25) is 0 Å². The zero-order valence-corrected chi connectivity index (χ0v) is 12.1. The summed E-state index contributed by atoms with van der Waals surface area (Å²) in [6.45, 7) is 2.76. The van der Waals surface area contributed by atoms with E-state index in [0.29, 0.717) is 6.54 Å². The van der Waals surface area contributed by atoms with Gasteiger partial charge >= 0.3 is 0 Å². The SMILES string of the molecule is COc1cccc(CNc2ncnc3cccc(C)c23)c1. The lowest BCUT2D eigenvalue weighted by Crippen LogP contribution is -2.03. The van der Waals surface area contributed by atoms with Crippen molar-refractivity contribution in [2.24, 2.45) is 0 Å². The molecule has 0 unspecified atom stereocenters. The molecule has 1 heterocycles. The van der Waals surface area contributed by atoms with Gasteiger partial charge < -0.3 is 10.1 Å². The normalized spacial score (nSPS) is 10.6. The van der Waals surface area contributed by atoms with Gasteiger partial charge in [-0.25, -0.2) is 9.97 Å². The van der Waals surface area contributed by atoms with Gasteiger partial charge in [-0.1, -0.05) is 24.3 Å². The fourth-order valence-electron chi connectivity index (χ4n) is 2.38. The molecular weight excluding hydrogens is 262 g/mol. The van der Waals surface area contributed by atoms with E-state index in [1.807, 2.05) is 30.3 Å². The third-order valence-electron chi connectivity index (χ3n) is 3.47. The zero-order valence-electron chi connectivity index (χ0n) is 12.1. The van der Waals surface area contributed by atoms with Crippen molar-refractivity contribution in [2.75, 3.05) is 12.4 Å². The van der Waals surface area contributed by atoms with Gasteiger partial charge in [-0.05, 0) is 36.2 Å². The number of methoxy groups -OCH3 is 1. The van der Waals surface area contributed by atoms with Crippen molar-refractivity contribution in [2.45, 2.75) is 13.5 Å². The standard InChI is InChI=1S/C17H17N3O/c1-12-5-3-8-15-16(12)17(20-11-19-15)18-10-13-6-4-7-14(9-13)21-2/h3-9,11H,10H2,1-2H3,(H,18,19,20). The molecule has 21 heavy (non-hydrogen) atoms. The largest absolute Gasteiger partial charge is 0.497 e. The second-order valence-corrected chi connectivity index (χ2v) is 4.90. The average molecular weight is 279 g/mol. The molecule has 4 heteroatoms. The summed E-state index contributed by atoms with van der Waals surface area (Å²) < 4.78 is 5.24. The minimum Gasteiger partial charge on any atom is -0.497 e. The molecule has 0 spiro atoms. The molecule has 106 valence electrons. The van der Waals surface area contributed by atoms with Crippen LogP contribution in [0.1, 0.15) is 11.1 Å². The van der Waals surface area contributed by atoms with Crippen LogP contribution >= 0.6 is 0 Å². The highest BCUT2D eigenvalue weighted by molar-refractivity contribution is 5.91. The Morgan fingerprint density at radius 3 is 2.81 bits per heavy atom. The Kier molecular flexibility index (Phi) is 3.69. The van der Waals surface area contributed by atoms with Crippen molar-refractivity contribution in [1.82, 2.24) is 9.97 Å². The van der Waals surface area contributed by atoms with Gasteiger partial charge in [-0.2, -0.15) is 0 Å². The third-order valence-corrected chi connectivity index (χ3v) is 3.47. The summed E-state index contributed by atoms with van der Waals surface area (Å²) in [5.74, 6) is 1.72. The lowest BCUT2D eigenvalue weighted by atomic mass is 10.1. The van der Waals surface area contributed by atoms with E-state index in [1.54, 1.807) is 13.4 Å². The second kappa shape index (κ2) is 5.79. The number of ether oxygens (including phenoxy) is 1. The van der Waals surface area contributed by atoms with E-state index in [4.69, 9.17) is 4.74 Å². The van der Waals surface area contributed by atoms with E-state index in [2.05, 4.69) is 34.3 Å². The first kappa shape index (κ1) is 13.4. The third kappa shape index (κ3) is 2.79. The van der Waals surface area contributed by atoms with E-state index in [9.17, 15) is 0 Å². The van der Waals surface area contributed by atoms with Crippen molar-refractivity contribution < 1.29 is 4.74 Å². The first-order valence-electron chi connectivity index (χ1n) is 6.85. The van der Waals surface area contributed by atoms with Crippen LogP contribution in [-0.2, 0) is 6.54 Å². The molecule has 3 aromatic rings. The summed E-state index contributed by atoms with van der Waals surface area (Å²) in [6, 6.07) is 14.1. The van der Waals surface area contributed by atoms with Crippen LogP contribution in [0.4, 0.5) is 5.82 Å². The van der Waals surface area contributed by atoms with Crippen LogP contribution in [0.15, 0.2) is 48.8 Å². The van der Waals surface area contributed by atoms with E-state index in [-0.39, 0.29) is 0 Å². The summed E-state index contributed by atoms with van der Waals surface area (Å²) in [7, 11) is 1.67. The van der Waals surface area contributed by atoms with Gasteiger partial charge in [0.2, 0.25) is 0 Å². The summed E-state index contributed by atoms with van der Waals surface area (Å²) in [5, 5.41) is 4.46. The molecule has 3 rings (SSSR count). The highest BCUT2D eigenvalue weighted by atomic mass is 16.5. The maximum atomic E-state index is 5.24. The molecule has 0 aliphatic carbocycles. The van der Waals surface area contributed by atoms with Crippen LogP contribution < -0.4 is 10.1 Å². The maximum Gasteiger partial charge on any atom is 0.137 e. The number of nitrogens with one attached hydrogen (secondary N) is 1. The van der Waals surface area contributed by atoms with E-state index in [1.165, 1.54) is 5.56 Å². The number of hydrogen-bond donors (Lipinski definition) is 1. The van der Waals surface area contributed by atoms with E-state index in [0.717, 1.165) is 28.0 Å². The number of anilines is 1. The molecule has 0 atom stereocenters. The van der Waals surface area contributed by atoms with Gasteiger partial charge in [0.1, 0.15) is 17.9 Å². The maximum absolute atomic E-state index is 5.24. The molecule has 0 bridgehead atoms. The van der Waals surface area contributed by atoms with Crippen LogP contribution in [0, 0.1) is 6.92 Å². The molecular formula is C17H17N3O. The van der Waals surface area contributed by atoms with Crippen molar-refractivity contribution in [3.05, 3.63) is 59.9 Å². The fraction of sp³-hybridized carbons (Fsp3) is 0.176. The van der Waals surface area contributed by atoms with Gasteiger partial charge in [0.05, 0.1) is 12.6 Å². The Morgan fingerprint density at radius 2 is 1.95 bits per heavy atom. The van der Waals surface area contributed by atoms with Crippen LogP contribution in [0.25, 0.3) is 10.9 Å².